The molecule has 4 rings (SSSR count). The van der Waals surface area contributed by atoms with Gasteiger partial charge in [0.2, 0.25) is 0 Å². The molecule has 0 saturated heterocycles. The lowest BCUT2D eigenvalue weighted by atomic mass is 9.94. The van der Waals surface area contributed by atoms with Gasteiger partial charge in [-0.2, -0.15) is 0 Å². The van der Waals surface area contributed by atoms with Crippen LogP contribution in [0.4, 0.5) is 0 Å². The summed E-state index contributed by atoms with van der Waals surface area (Å²) < 4.78 is 2.12. The highest BCUT2D eigenvalue weighted by Gasteiger charge is 2.27. The third kappa shape index (κ3) is 4.69. The Hall–Kier alpha value is -1.60. The van der Waals surface area contributed by atoms with Crippen molar-refractivity contribution in [3.05, 3.63) is 53.1 Å². The van der Waals surface area contributed by atoms with Crippen LogP contribution in [-0.4, -0.2) is 65.0 Å². The average Bonchev–Trinajstić information content (AvgIpc) is 2.92. The normalized spacial score (nSPS) is 18.7. The Labute approximate surface area is 179 Å². The van der Waals surface area contributed by atoms with Crippen LogP contribution in [0.25, 0.3) is 0 Å². The first-order chi connectivity index (χ1) is 12.6. The van der Waals surface area contributed by atoms with E-state index < -0.39 is 0 Å². The van der Waals surface area contributed by atoms with Crippen molar-refractivity contribution < 1.29 is 4.79 Å². The molecule has 0 fully saturated rings. The fraction of sp³-hybridized carbons (Fsp3) is 0.500. The number of nitrogens with one attached hydrogen (secondary N) is 1. The Bertz CT molecular complexity index is 786. The van der Waals surface area contributed by atoms with Crippen LogP contribution < -0.4 is 5.32 Å². The van der Waals surface area contributed by atoms with Crippen molar-refractivity contribution in [3.63, 3.8) is 0 Å². The molecule has 1 aromatic heterocycles. The number of rotatable bonds is 3. The predicted molar refractivity (Wildman–Crippen MR) is 116 cm³/mol. The molecule has 154 valence electrons. The van der Waals surface area contributed by atoms with Gasteiger partial charge in [0.1, 0.15) is 11.5 Å². The van der Waals surface area contributed by atoms with Crippen molar-refractivity contribution in [1.82, 2.24) is 24.7 Å². The number of hydrogen-bond donors (Lipinski definition) is 1. The first kappa shape index (κ1) is 22.7. The van der Waals surface area contributed by atoms with E-state index in [4.69, 9.17) is 0 Å². The fourth-order valence-electron chi connectivity index (χ4n) is 3.99. The summed E-state index contributed by atoms with van der Waals surface area (Å²) in [4.78, 5) is 21.7. The van der Waals surface area contributed by atoms with Crippen LogP contribution >= 0.6 is 24.8 Å². The molecule has 2 aliphatic heterocycles. The molecule has 6 nitrogen and oxygen atoms in total. The molecule has 0 saturated carbocycles. The Morgan fingerprint density at radius 1 is 1.25 bits per heavy atom. The number of amides is 1. The zero-order valence-corrected chi connectivity index (χ0v) is 18.1. The summed E-state index contributed by atoms with van der Waals surface area (Å²) in [5.74, 6) is 1.03. The largest absolute Gasteiger partial charge is 0.339 e. The van der Waals surface area contributed by atoms with Crippen molar-refractivity contribution in [3.8, 4) is 0 Å². The Kier molecular flexibility index (Phi) is 7.89. The summed E-state index contributed by atoms with van der Waals surface area (Å²) in [5, 5.41) is 3.36. The van der Waals surface area contributed by atoms with Crippen molar-refractivity contribution in [1.29, 1.82) is 0 Å². The number of halogens is 2. The van der Waals surface area contributed by atoms with Crippen molar-refractivity contribution in [2.75, 3.05) is 33.7 Å². The van der Waals surface area contributed by atoms with Gasteiger partial charge < -0.3 is 14.8 Å². The highest BCUT2D eigenvalue weighted by molar-refractivity contribution is 5.92. The third-order valence-electron chi connectivity index (χ3n) is 5.58. The van der Waals surface area contributed by atoms with Crippen molar-refractivity contribution in [2.45, 2.75) is 32.0 Å². The topological polar surface area (TPSA) is 53.4 Å². The van der Waals surface area contributed by atoms with Crippen LogP contribution in [0.2, 0.25) is 0 Å². The minimum atomic E-state index is 0. The number of imidazole rings is 1. The molecule has 2 aromatic rings. The molecular weight excluding hydrogens is 397 g/mol. The molecule has 1 amide bonds. The molecule has 3 heterocycles. The Morgan fingerprint density at radius 2 is 2.00 bits per heavy atom. The first-order valence-corrected chi connectivity index (χ1v) is 9.41. The van der Waals surface area contributed by atoms with E-state index in [-0.39, 0.29) is 30.7 Å². The molecular formula is C20H29Cl2N5O. The second-order valence-electron chi connectivity index (χ2n) is 7.46. The maximum Gasteiger partial charge on any atom is 0.273 e. The summed E-state index contributed by atoms with van der Waals surface area (Å²) in [7, 11) is 4.04. The van der Waals surface area contributed by atoms with E-state index in [1.807, 2.05) is 18.1 Å². The maximum absolute atomic E-state index is 12.9. The number of hydrogen-bond acceptors (Lipinski definition) is 4. The van der Waals surface area contributed by atoms with E-state index in [0.717, 1.165) is 44.8 Å². The summed E-state index contributed by atoms with van der Waals surface area (Å²) in [6.45, 7) is 4.38. The van der Waals surface area contributed by atoms with Gasteiger partial charge in [0, 0.05) is 58.4 Å². The minimum absolute atomic E-state index is 0. The lowest BCUT2D eigenvalue weighted by Crippen LogP contribution is -2.46. The van der Waals surface area contributed by atoms with E-state index >= 15 is 0 Å². The molecule has 1 atom stereocenters. The minimum Gasteiger partial charge on any atom is -0.339 e. The SMILES string of the molecule is CN(CC1Cc2ccccc2CN1C)C(=O)c1cn2c(n1)CCNCC2.Cl.Cl. The van der Waals surface area contributed by atoms with E-state index in [1.54, 1.807) is 0 Å². The lowest BCUT2D eigenvalue weighted by Gasteiger charge is -2.36. The number of likely N-dealkylation sites (N-methyl/N-ethyl adjacent to an activating group) is 2. The predicted octanol–water partition coefficient (Wildman–Crippen LogP) is 2.00. The van der Waals surface area contributed by atoms with Crippen LogP contribution in [0, 0.1) is 0 Å². The van der Waals surface area contributed by atoms with Gasteiger partial charge in [0.05, 0.1) is 0 Å². The Morgan fingerprint density at radius 3 is 2.79 bits per heavy atom. The van der Waals surface area contributed by atoms with Crippen LogP contribution in [0.3, 0.4) is 0 Å². The van der Waals surface area contributed by atoms with Crippen molar-refractivity contribution >= 4 is 30.7 Å². The molecule has 0 radical (unpaired) electrons. The maximum atomic E-state index is 12.9. The van der Waals surface area contributed by atoms with Gasteiger partial charge in [-0.05, 0) is 24.6 Å². The van der Waals surface area contributed by atoms with E-state index in [0.29, 0.717) is 18.3 Å². The summed E-state index contributed by atoms with van der Waals surface area (Å²) in [6, 6.07) is 8.94. The third-order valence-corrected chi connectivity index (χ3v) is 5.58. The molecule has 0 spiro atoms. The molecule has 8 heteroatoms. The van der Waals surface area contributed by atoms with Gasteiger partial charge in [-0.15, -0.1) is 24.8 Å². The van der Waals surface area contributed by atoms with Crippen molar-refractivity contribution in [2.24, 2.45) is 0 Å². The zero-order valence-electron chi connectivity index (χ0n) is 16.4. The van der Waals surface area contributed by atoms with Gasteiger partial charge in [0.15, 0.2) is 0 Å². The highest BCUT2D eigenvalue weighted by Crippen LogP contribution is 2.22. The second-order valence-corrected chi connectivity index (χ2v) is 7.46. The molecule has 1 unspecified atom stereocenters. The molecule has 0 aliphatic carbocycles. The molecule has 0 bridgehead atoms. The van der Waals surface area contributed by atoms with Gasteiger partial charge in [-0.25, -0.2) is 4.98 Å². The molecule has 28 heavy (non-hydrogen) atoms. The lowest BCUT2D eigenvalue weighted by molar-refractivity contribution is 0.0728. The quantitative estimate of drug-likeness (QED) is 0.816. The standard InChI is InChI=1S/C20H27N5O.2ClH/c1-23-12-16-6-4-3-5-15(16)11-17(23)13-24(2)20(26)18-14-25-10-9-21-8-7-19(25)22-18;;/h3-6,14,17,21H,7-13H2,1-2H3;2*1H. The fourth-order valence-corrected chi connectivity index (χ4v) is 3.99. The van der Waals surface area contributed by atoms with Gasteiger partial charge in [-0.1, -0.05) is 24.3 Å². The van der Waals surface area contributed by atoms with E-state index in [1.165, 1.54) is 11.1 Å². The molecule has 1 aromatic carbocycles. The Balaban J connectivity index is 0.00000140. The van der Waals surface area contributed by atoms with Gasteiger partial charge in [-0.3, -0.25) is 9.69 Å². The number of carbonyl (C=O) groups is 1. The number of carbonyl (C=O) groups excluding carboxylic acids is 1. The summed E-state index contributed by atoms with van der Waals surface area (Å²) in [6.07, 6.45) is 3.77. The second kappa shape index (κ2) is 9.74. The monoisotopic (exact) mass is 425 g/mol. The number of benzene rings is 1. The molecule has 2 aliphatic rings. The van der Waals surface area contributed by atoms with Crippen LogP contribution in [0.1, 0.15) is 27.4 Å². The smallest absolute Gasteiger partial charge is 0.273 e. The van der Waals surface area contributed by atoms with Gasteiger partial charge in [0.25, 0.3) is 5.91 Å². The van der Waals surface area contributed by atoms with Crippen LogP contribution in [-0.2, 0) is 25.9 Å². The summed E-state index contributed by atoms with van der Waals surface area (Å²) in [5.41, 5.74) is 3.37. The highest BCUT2D eigenvalue weighted by atomic mass is 35.5. The van der Waals surface area contributed by atoms with E-state index in [9.17, 15) is 4.79 Å². The van der Waals surface area contributed by atoms with Gasteiger partial charge >= 0.3 is 0 Å². The summed E-state index contributed by atoms with van der Waals surface area (Å²) >= 11 is 0. The molecule has 1 N–H and O–H groups in total. The number of nitrogens with zero attached hydrogens (tertiary/aromatic N) is 4. The van der Waals surface area contributed by atoms with E-state index in [2.05, 4.69) is 51.1 Å². The number of fused-ring (bicyclic) bond motifs is 2. The number of aromatic nitrogens is 2. The average molecular weight is 426 g/mol. The first-order valence-electron chi connectivity index (χ1n) is 9.41. The zero-order chi connectivity index (χ0) is 18.1. The van der Waals surface area contributed by atoms with Crippen LogP contribution in [0.15, 0.2) is 30.5 Å². The van der Waals surface area contributed by atoms with Crippen LogP contribution in [0.5, 0.6) is 0 Å².